The predicted molar refractivity (Wildman–Crippen MR) is 88.3 cm³/mol. The van der Waals surface area contributed by atoms with Crippen LogP contribution in [0.25, 0.3) is 10.2 Å². The van der Waals surface area contributed by atoms with Crippen molar-refractivity contribution >= 4 is 38.3 Å². The van der Waals surface area contributed by atoms with Gasteiger partial charge in [0.15, 0.2) is 5.13 Å². The fourth-order valence-electron chi connectivity index (χ4n) is 2.09. The van der Waals surface area contributed by atoms with Crippen LogP contribution >= 0.6 is 11.3 Å². The van der Waals surface area contributed by atoms with Crippen molar-refractivity contribution in [3.63, 3.8) is 0 Å². The number of ether oxygens (including phenoxy) is 1. The summed E-state index contributed by atoms with van der Waals surface area (Å²) < 4.78 is 19.0. The number of nitrogens with one attached hydrogen (secondary N) is 2. The third-order valence-electron chi connectivity index (χ3n) is 3.17. The van der Waals surface area contributed by atoms with Gasteiger partial charge in [0.05, 0.1) is 11.8 Å². The largest absolute Gasteiger partial charge is 0.494 e. The Morgan fingerprint density at radius 2 is 2.04 bits per heavy atom. The Morgan fingerprint density at radius 1 is 1.30 bits per heavy atom. The van der Waals surface area contributed by atoms with Crippen LogP contribution in [0.1, 0.15) is 10.4 Å². The van der Waals surface area contributed by atoms with E-state index in [9.17, 15) is 9.18 Å². The van der Waals surface area contributed by atoms with Crippen LogP contribution in [-0.2, 0) is 0 Å². The summed E-state index contributed by atoms with van der Waals surface area (Å²) in [6, 6.07) is 8.76. The first-order valence-electron chi connectivity index (χ1n) is 6.63. The van der Waals surface area contributed by atoms with Gasteiger partial charge < -0.3 is 10.1 Å². The smallest absolute Gasteiger partial charge is 0.255 e. The molecule has 3 rings (SSSR count). The third kappa shape index (κ3) is 3.08. The Balaban J connectivity index is 1.93. The summed E-state index contributed by atoms with van der Waals surface area (Å²) in [5.74, 6) is 5.16. The molecular formula is C15H13FN4O2S. The van der Waals surface area contributed by atoms with Gasteiger partial charge in [0.2, 0.25) is 0 Å². The summed E-state index contributed by atoms with van der Waals surface area (Å²) in [6.45, 7) is 0. The van der Waals surface area contributed by atoms with Crippen molar-refractivity contribution in [2.24, 2.45) is 5.84 Å². The lowest BCUT2D eigenvalue weighted by Crippen LogP contribution is -2.11. The number of hydrogen-bond acceptors (Lipinski definition) is 6. The highest BCUT2D eigenvalue weighted by Crippen LogP contribution is 2.35. The van der Waals surface area contributed by atoms with Crippen LogP contribution in [0.5, 0.6) is 5.75 Å². The molecule has 0 unspecified atom stereocenters. The van der Waals surface area contributed by atoms with E-state index in [1.807, 2.05) is 0 Å². The van der Waals surface area contributed by atoms with Gasteiger partial charge in [-0.3, -0.25) is 10.2 Å². The molecule has 23 heavy (non-hydrogen) atoms. The molecule has 6 nitrogen and oxygen atoms in total. The highest BCUT2D eigenvalue weighted by atomic mass is 32.1. The monoisotopic (exact) mass is 332 g/mol. The normalized spacial score (nSPS) is 10.6. The maximum Gasteiger partial charge on any atom is 0.255 e. The number of rotatable bonds is 4. The van der Waals surface area contributed by atoms with Gasteiger partial charge >= 0.3 is 0 Å². The van der Waals surface area contributed by atoms with E-state index < -0.39 is 5.82 Å². The molecule has 0 aliphatic heterocycles. The first-order valence-corrected chi connectivity index (χ1v) is 7.44. The molecule has 1 amide bonds. The van der Waals surface area contributed by atoms with Gasteiger partial charge in [-0.2, -0.15) is 0 Å². The average molecular weight is 332 g/mol. The lowest BCUT2D eigenvalue weighted by atomic mass is 10.2. The number of halogens is 1. The Hall–Kier alpha value is -2.71. The SMILES string of the molecule is COc1cc(NC(=O)c2ccc(F)cc2)cc2sc(NN)nc12. The molecule has 3 aromatic rings. The highest BCUT2D eigenvalue weighted by molar-refractivity contribution is 7.22. The van der Waals surface area contributed by atoms with Crippen molar-refractivity contribution < 1.29 is 13.9 Å². The number of methoxy groups -OCH3 is 1. The standard InChI is InChI=1S/C15H13FN4O2S/c1-22-11-6-10(7-12-13(11)19-15(20-17)23-12)18-14(21)8-2-4-9(16)5-3-8/h2-7H,17H2,1H3,(H,18,21)(H,19,20). The summed E-state index contributed by atoms with van der Waals surface area (Å²) >= 11 is 1.34. The van der Waals surface area contributed by atoms with Crippen LogP contribution in [0.3, 0.4) is 0 Å². The summed E-state index contributed by atoms with van der Waals surface area (Å²) in [6.07, 6.45) is 0. The van der Waals surface area contributed by atoms with Gasteiger partial charge in [-0.05, 0) is 30.3 Å². The van der Waals surface area contributed by atoms with E-state index >= 15 is 0 Å². The number of amides is 1. The molecule has 4 N–H and O–H groups in total. The van der Waals surface area contributed by atoms with E-state index in [2.05, 4.69) is 15.7 Å². The Morgan fingerprint density at radius 3 is 2.70 bits per heavy atom. The summed E-state index contributed by atoms with van der Waals surface area (Å²) in [4.78, 5) is 16.5. The number of nitrogens with two attached hydrogens (primary N) is 1. The van der Waals surface area contributed by atoms with E-state index in [1.165, 1.54) is 42.7 Å². The molecule has 0 saturated heterocycles. The predicted octanol–water partition coefficient (Wildman–Crippen LogP) is 2.98. The summed E-state index contributed by atoms with van der Waals surface area (Å²) in [5.41, 5.74) is 4.06. The lowest BCUT2D eigenvalue weighted by Gasteiger charge is -2.08. The summed E-state index contributed by atoms with van der Waals surface area (Å²) in [5, 5.41) is 3.30. The van der Waals surface area contributed by atoms with E-state index in [4.69, 9.17) is 10.6 Å². The molecule has 0 spiro atoms. The van der Waals surface area contributed by atoms with Crippen molar-refractivity contribution in [2.45, 2.75) is 0 Å². The first kappa shape index (κ1) is 15.2. The molecule has 0 aliphatic carbocycles. The van der Waals surface area contributed by atoms with Gasteiger partial charge in [-0.15, -0.1) is 0 Å². The van der Waals surface area contributed by atoms with Crippen LogP contribution < -0.4 is 21.3 Å². The molecule has 0 aliphatic rings. The van der Waals surface area contributed by atoms with Crippen LogP contribution in [0.4, 0.5) is 15.2 Å². The molecular weight excluding hydrogens is 319 g/mol. The number of hydrazine groups is 1. The van der Waals surface area contributed by atoms with Crippen molar-refractivity contribution in [1.82, 2.24) is 4.98 Å². The second-order valence-electron chi connectivity index (χ2n) is 4.65. The van der Waals surface area contributed by atoms with E-state index in [1.54, 1.807) is 12.1 Å². The highest BCUT2D eigenvalue weighted by Gasteiger charge is 2.13. The quantitative estimate of drug-likeness (QED) is 0.505. The number of anilines is 2. The van der Waals surface area contributed by atoms with Gasteiger partial charge in [0.25, 0.3) is 5.91 Å². The van der Waals surface area contributed by atoms with Gasteiger partial charge in [-0.25, -0.2) is 15.2 Å². The number of nitrogen functional groups attached to an aromatic ring is 1. The third-order valence-corrected chi connectivity index (χ3v) is 4.10. The minimum Gasteiger partial charge on any atom is -0.494 e. The zero-order valence-electron chi connectivity index (χ0n) is 12.1. The average Bonchev–Trinajstić information content (AvgIpc) is 2.97. The number of thiazole rings is 1. The topological polar surface area (TPSA) is 89.3 Å². The molecule has 0 bridgehead atoms. The number of hydrogen-bond donors (Lipinski definition) is 3. The van der Waals surface area contributed by atoms with Gasteiger partial charge in [0, 0.05) is 17.3 Å². The van der Waals surface area contributed by atoms with Crippen molar-refractivity contribution in [3.05, 3.63) is 47.8 Å². The number of benzene rings is 2. The van der Waals surface area contributed by atoms with Crippen LogP contribution in [-0.4, -0.2) is 18.0 Å². The zero-order valence-corrected chi connectivity index (χ0v) is 12.9. The molecule has 0 radical (unpaired) electrons. The number of aromatic nitrogens is 1. The minimum atomic E-state index is -0.392. The second-order valence-corrected chi connectivity index (χ2v) is 5.68. The minimum absolute atomic E-state index is 0.340. The molecule has 2 aromatic carbocycles. The molecule has 0 saturated carbocycles. The Kier molecular flexibility index (Phi) is 4.09. The maximum atomic E-state index is 12.9. The number of nitrogens with zero attached hydrogens (tertiary/aromatic N) is 1. The van der Waals surface area contributed by atoms with E-state index in [0.717, 1.165) is 4.70 Å². The molecule has 1 heterocycles. The first-order chi connectivity index (χ1) is 11.1. The van der Waals surface area contributed by atoms with Crippen LogP contribution in [0.2, 0.25) is 0 Å². The van der Waals surface area contributed by atoms with Gasteiger partial charge in [0.1, 0.15) is 17.1 Å². The number of carbonyl (C=O) groups is 1. The Labute approximate surface area is 135 Å². The zero-order chi connectivity index (χ0) is 16.4. The fourth-order valence-corrected chi connectivity index (χ4v) is 2.93. The second kappa shape index (κ2) is 6.19. The van der Waals surface area contributed by atoms with Crippen molar-refractivity contribution in [1.29, 1.82) is 0 Å². The van der Waals surface area contributed by atoms with Crippen molar-refractivity contribution in [3.8, 4) is 5.75 Å². The fraction of sp³-hybridized carbons (Fsp3) is 0.0667. The van der Waals surface area contributed by atoms with Crippen LogP contribution in [0.15, 0.2) is 36.4 Å². The van der Waals surface area contributed by atoms with Crippen LogP contribution in [0, 0.1) is 5.82 Å². The number of carbonyl (C=O) groups excluding carboxylic acids is 1. The lowest BCUT2D eigenvalue weighted by molar-refractivity contribution is 0.102. The number of fused-ring (bicyclic) bond motifs is 1. The Bertz CT molecular complexity index is 864. The molecule has 8 heteroatoms. The maximum absolute atomic E-state index is 12.9. The molecule has 1 aromatic heterocycles. The summed E-state index contributed by atoms with van der Waals surface area (Å²) in [7, 11) is 1.52. The molecule has 0 fully saturated rings. The molecule has 118 valence electrons. The van der Waals surface area contributed by atoms with E-state index in [0.29, 0.717) is 27.6 Å². The van der Waals surface area contributed by atoms with E-state index in [-0.39, 0.29) is 5.91 Å². The van der Waals surface area contributed by atoms with Gasteiger partial charge in [-0.1, -0.05) is 11.3 Å². The van der Waals surface area contributed by atoms with Crippen molar-refractivity contribution in [2.75, 3.05) is 17.9 Å². The molecule has 0 atom stereocenters.